The van der Waals surface area contributed by atoms with Crippen molar-refractivity contribution >= 4 is 23.5 Å². The zero-order valence-corrected chi connectivity index (χ0v) is 18.5. The van der Waals surface area contributed by atoms with E-state index >= 15 is 0 Å². The van der Waals surface area contributed by atoms with E-state index in [4.69, 9.17) is 29.3 Å². The van der Waals surface area contributed by atoms with Gasteiger partial charge in [-0.05, 0) is 29.8 Å². The van der Waals surface area contributed by atoms with Crippen molar-refractivity contribution in [1.82, 2.24) is 9.80 Å². The number of benzene rings is 2. The molecule has 1 aliphatic heterocycles. The summed E-state index contributed by atoms with van der Waals surface area (Å²) in [5, 5.41) is 25.7. The molecular formula is C22H25N3O9. The maximum atomic E-state index is 12.4. The van der Waals surface area contributed by atoms with E-state index in [-0.39, 0.29) is 23.1 Å². The Morgan fingerprint density at radius 2 is 1.56 bits per heavy atom. The molecule has 1 aliphatic rings. The van der Waals surface area contributed by atoms with E-state index in [1.807, 2.05) is 6.07 Å². The summed E-state index contributed by atoms with van der Waals surface area (Å²) in [6.45, 7) is 3.29. The molecule has 0 aromatic heterocycles. The number of hydrogen-bond acceptors (Lipinski definition) is 8. The number of carbonyl (C=O) groups excluding carboxylic acids is 1. The van der Waals surface area contributed by atoms with Crippen molar-refractivity contribution in [3.63, 3.8) is 0 Å². The fourth-order valence-electron chi connectivity index (χ4n) is 3.09. The highest BCUT2D eigenvalue weighted by Crippen LogP contribution is 2.18. The van der Waals surface area contributed by atoms with Crippen LogP contribution in [0.25, 0.3) is 0 Å². The third-order valence-corrected chi connectivity index (χ3v) is 4.86. The zero-order valence-electron chi connectivity index (χ0n) is 18.5. The third kappa shape index (κ3) is 8.39. The fraction of sp³-hybridized carbons (Fsp3) is 0.318. The number of methoxy groups -OCH3 is 1. The van der Waals surface area contributed by atoms with Gasteiger partial charge in [0.2, 0.25) is 0 Å². The number of rotatable bonds is 7. The van der Waals surface area contributed by atoms with E-state index in [0.29, 0.717) is 25.4 Å². The van der Waals surface area contributed by atoms with Crippen LogP contribution in [0.3, 0.4) is 0 Å². The summed E-state index contributed by atoms with van der Waals surface area (Å²) in [7, 11) is 1.60. The van der Waals surface area contributed by atoms with Gasteiger partial charge in [0.1, 0.15) is 11.5 Å². The van der Waals surface area contributed by atoms with Crippen LogP contribution in [-0.4, -0.2) is 82.7 Å². The molecule has 0 unspecified atom stereocenters. The van der Waals surface area contributed by atoms with Gasteiger partial charge < -0.3 is 24.6 Å². The van der Waals surface area contributed by atoms with Crippen molar-refractivity contribution in [2.45, 2.75) is 6.54 Å². The lowest BCUT2D eigenvalue weighted by Crippen LogP contribution is -2.49. The van der Waals surface area contributed by atoms with Gasteiger partial charge in [-0.2, -0.15) is 0 Å². The number of carboxylic acid groups (broad SMARTS) is 2. The van der Waals surface area contributed by atoms with Crippen LogP contribution in [0.15, 0.2) is 48.5 Å². The van der Waals surface area contributed by atoms with Crippen LogP contribution >= 0.6 is 0 Å². The number of nitro benzene ring substituents is 1. The van der Waals surface area contributed by atoms with Crippen LogP contribution in [0.1, 0.15) is 5.56 Å². The quantitative estimate of drug-likeness (QED) is 0.341. The van der Waals surface area contributed by atoms with E-state index in [2.05, 4.69) is 4.90 Å². The molecule has 2 aromatic rings. The van der Waals surface area contributed by atoms with Crippen molar-refractivity contribution in [3.8, 4) is 11.5 Å². The maximum Gasteiger partial charge on any atom is 0.414 e. The first-order valence-corrected chi connectivity index (χ1v) is 10.2. The molecule has 0 saturated carbocycles. The third-order valence-electron chi connectivity index (χ3n) is 4.86. The largest absolute Gasteiger partial charge is 0.497 e. The van der Waals surface area contributed by atoms with Gasteiger partial charge in [-0.25, -0.2) is 9.59 Å². The topological polar surface area (TPSA) is 160 Å². The standard InChI is InChI=1S/C20H23N3O5.C2H2O4/c1-27-18-5-7-19(8-6-18)28-15-20(24)22-11-9-21(10-12-22)14-16-3-2-4-17(13-16)23(25)26;3-1(4)2(5)6/h2-8,13H,9-12,14-15H2,1H3;(H,3,4)(H,5,6). The highest BCUT2D eigenvalue weighted by atomic mass is 16.6. The second-order valence-corrected chi connectivity index (χ2v) is 7.16. The highest BCUT2D eigenvalue weighted by Gasteiger charge is 2.22. The van der Waals surface area contributed by atoms with E-state index in [1.54, 1.807) is 48.4 Å². The molecule has 0 atom stereocenters. The molecule has 2 N–H and O–H groups in total. The van der Waals surface area contributed by atoms with Crippen molar-refractivity contribution in [1.29, 1.82) is 0 Å². The van der Waals surface area contributed by atoms with E-state index in [1.165, 1.54) is 6.07 Å². The molecule has 34 heavy (non-hydrogen) atoms. The SMILES string of the molecule is COc1ccc(OCC(=O)N2CCN(Cc3cccc([N+](=O)[O-])c3)CC2)cc1.O=C(O)C(=O)O. The zero-order chi connectivity index (χ0) is 25.1. The predicted octanol–water partition coefficient (Wildman–Crippen LogP) is 1.48. The molecular weight excluding hydrogens is 450 g/mol. The van der Waals surface area contributed by atoms with Crippen molar-refractivity contribution < 1.29 is 39.0 Å². The van der Waals surface area contributed by atoms with Gasteiger partial charge in [-0.3, -0.25) is 19.8 Å². The Bertz CT molecular complexity index is 991. The predicted molar refractivity (Wildman–Crippen MR) is 119 cm³/mol. The Labute approximate surface area is 195 Å². The molecule has 1 heterocycles. The smallest absolute Gasteiger partial charge is 0.414 e. The van der Waals surface area contributed by atoms with Crippen LogP contribution in [0.2, 0.25) is 0 Å². The number of hydrogen-bond donors (Lipinski definition) is 2. The first-order chi connectivity index (χ1) is 16.2. The molecule has 1 saturated heterocycles. The molecule has 0 bridgehead atoms. The van der Waals surface area contributed by atoms with Gasteiger partial charge in [0.15, 0.2) is 6.61 Å². The fourth-order valence-corrected chi connectivity index (χ4v) is 3.09. The van der Waals surface area contributed by atoms with Crippen LogP contribution in [-0.2, 0) is 20.9 Å². The van der Waals surface area contributed by atoms with Crippen LogP contribution < -0.4 is 9.47 Å². The van der Waals surface area contributed by atoms with Gasteiger partial charge in [0.25, 0.3) is 11.6 Å². The first kappa shape index (κ1) is 26.1. The summed E-state index contributed by atoms with van der Waals surface area (Å²) in [5.74, 6) is -2.34. The monoisotopic (exact) mass is 475 g/mol. The molecule has 0 spiro atoms. The summed E-state index contributed by atoms with van der Waals surface area (Å²) < 4.78 is 10.6. The van der Waals surface area contributed by atoms with E-state index in [0.717, 1.165) is 24.4 Å². The molecule has 1 amide bonds. The van der Waals surface area contributed by atoms with Gasteiger partial charge in [0, 0.05) is 44.9 Å². The number of amides is 1. The van der Waals surface area contributed by atoms with Gasteiger partial charge in [-0.1, -0.05) is 12.1 Å². The minimum Gasteiger partial charge on any atom is -0.497 e. The maximum absolute atomic E-state index is 12.4. The molecule has 2 aromatic carbocycles. The number of nitrogens with zero attached hydrogens (tertiary/aromatic N) is 3. The lowest BCUT2D eigenvalue weighted by molar-refractivity contribution is -0.384. The molecule has 1 fully saturated rings. The Hall–Kier alpha value is -4.19. The molecule has 0 aliphatic carbocycles. The van der Waals surface area contributed by atoms with Crippen molar-refractivity contribution in [2.24, 2.45) is 0 Å². The summed E-state index contributed by atoms with van der Waals surface area (Å²) in [4.78, 5) is 45.0. The summed E-state index contributed by atoms with van der Waals surface area (Å²) >= 11 is 0. The van der Waals surface area contributed by atoms with Crippen LogP contribution in [0.4, 0.5) is 5.69 Å². The van der Waals surface area contributed by atoms with Gasteiger partial charge >= 0.3 is 11.9 Å². The number of ether oxygens (including phenoxy) is 2. The molecule has 12 heteroatoms. The molecule has 182 valence electrons. The average Bonchev–Trinajstić information content (AvgIpc) is 2.83. The normalized spacial score (nSPS) is 13.3. The minimum atomic E-state index is -1.82. The summed E-state index contributed by atoms with van der Waals surface area (Å²) in [6.07, 6.45) is 0. The molecule has 12 nitrogen and oxygen atoms in total. The Morgan fingerprint density at radius 3 is 2.09 bits per heavy atom. The highest BCUT2D eigenvalue weighted by molar-refractivity contribution is 6.27. The van der Waals surface area contributed by atoms with Gasteiger partial charge in [0.05, 0.1) is 12.0 Å². The second kappa shape index (κ2) is 12.7. The number of aliphatic carboxylic acids is 2. The van der Waals surface area contributed by atoms with Crippen molar-refractivity contribution in [3.05, 3.63) is 64.2 Å². The minimum absolute atomic E-state index is 0.00277. The van der Waals surface area contributed by atoms with Gasteiger partial charge in [-0.15, -0.1) is 0 Å². The number of carbonyl (C=O) groups is 3. The molecule has 0 radical (unpaired) electrons. The number of piperazine rings is 1. The Morgan fingerprint density at radius 1 is 0.971 bits per heavy atom. The summed E-state index contributed by atoms with van der Waals surface area (Å²) in [5.41, 5.74) is 0.999. The lowest BCUT2D eigenvalue weighted by atomic mass is 10.1. The second-order valence-electron chi connectivity index (χ2n) is 7.16. The van der Waals surface area contributed by atoms with Crippen LogP contribution in [0, 0.1) is 10.1 Å². The van der Waals surface area contributed by atoms with E-state index < -0.39 is 11.9 Å². The Kier molecular flexibility index (Phi) is 9.77. The average molecular weight is 475 g/mol. The van der Waals surface area contributed by atoms with Crippen molar-refractivity contribution in [2.75, 3.05) is 39.9 Å². The summed E-state index contributed by atoms with van der Waals surface area (Å²) in [6, 6.07) is 13.8. The van der Waals surface area contributed by atoms with Crippen LogP contribution in [0.5, 0.6) is 11.5 Å². The first-order valence-electron chi connectivity index (χ1n) is 10.2. The number of carboxylic acids is 2. The number of non-ortho nitro benzene ring substituents is 1. The van der Waals surface area contributed by atoms with E-state index in [9.17, 15) is 14.9 Å². The Balaban J connectivity index is 0.000000604. The lowest BCUT2D eigenvalue weighted by Gasteiger charge is -2.34. The molecule has 3 rings (SSSR count). The number of nitro groups is 1.